The summed E-state index contributed by atoms with van der Waals surface area (Å²) in [4.78, 5) is 13.4. The van der Waals surface area contributed by atoms with Gasteiger partial charge in [-0.15, -0.1) is 0 Å². The van der Waals surface area contributed by atoms with Crippen LogP contribution < -0.4 is 0 Å². The van der Waals surface area contributed by atoms with Crippen LogP contribution in [0.25, 0.3) is 0 Å². The van der Waals surface area contributed by atoms with E-state index >= 15 is 0 Å². The topological polar surface area (TPSA) is 64.3 Å². The average molecular weight is 429 g/mol. The SMILES string of the molecule is COC[C@]12CC[C@@H](O)C[C@@H]1CC[C@@H]1C2CC[C@]2(C)[C@@H](C(=O)Cn3cc(C)cn3)CC[C@@H]12. The van der Waals surface area contributed by atoms with Crippen LogP contribution in [0.4, 0.5) is 0 Å². The first-order valence-electron chi connectivity index (χ1n) is 12.6. The second-order valence-electron chi connectivity index (χ2n) is 11.6. The Bertz CT molecular complexity index is 821. The summed E-state index contributed by atoms with van der Waals surface area (Å²) in [6.45, 7) is 5.72. The van der Waals surface area contributed by atoms with E-state index in [1.165, 1.54) is 25.7 Å². The van der Waals surface area contributed by atoms with Gasteiger partial charge >= 0.3 is 0 Å². The van der Waals surface area contributed by atoms with Gasteiger partial charge in [0.25, 0.3) is 0 Å². The van der Waals surface area contributed by atoms with Crippen LogP contribution in [0, 0.1) is 47.3 Å². The fourth-order valence-corrected chi connectivity index (χ4v) is 8.93. The summed E-state index contributed by atoms with van der Waals surface area (Å²) in [6, 6.07) is 0. The predicted molar refractivity (Wildman–Crippen MR) is 119 cm³/mol. The lowest BCUT2D eigenvalue weighted by molar-refractivity contribution is -0.161. The van der Waals surface area contributed by atoms with E-state index in [2.05, 4.69) is 12.0 Å². The van der Waals surface area contributed by atoms with Crippen molar-refractivity contribution in [1.29, 1.82) is 0 Å². The van der Waals surface area contributed by atoms with E-state index in [9.17, 15) is 9.90 Å². The number of ketones is 1. The van der Waals surface area contributed by atoms with Gasteiger partial charge in [-0.3, -0.25) is 9.48 Å². The third-order valence-corrected chi connectivity index (χ3v) is 10.2. The van der Waals surface area contributed by atoms with E-state index in [0.717, 1.165) is 44.3 Å². The summed E-state index contributed by atoms with van der Waals surface area (Å²) >= 11 is 0. The molecule has 1 N–H and O–H groups in total. The standard InChI is InChI=1S/C26H40N2O3/c1-17-13-27-28(14-17)15-24(30)23-7-6-21-20-5-4-18-12-19(29)8-11-26(18,16-31-3)22(20)9-10-25(21,23)2/h13-14,18-23,29H,4-12,15-16H2,1-3H3/t18-,19+,20-,21-,22?,23+,25-,26+/m0/s1. The molecule has 4 fully saturated rings. The van der Waals surface area contributed by atoms with Crippen molar-refractivity contribution in [1.82, 2.24) is 9.78 Å². The average Bonchev–Trinajstić information content (AvgIpc) is 3.30. The summed E-state index contributed by atoms with van der Waals surface area (Å²) in [7, 11) is 1.86. The minimum absolute atomic E-state index is 0.125. The highest BCUT2D eigenvalue weighted by Crippen LogP contribution is 2.67. The van der Waals surface area contributed by atoms with Gasteiger partial charge in [-0.05, 0) is 105 Å². The molecule has 5 heteroatoms. The molecule has 1 heterocycles. The van der Waals surface area contributed by atoms with Crippen molar-refractivity contribution in [2.45, 2.75) is 84.3 Å². The zero-order valence-corrected chi connectivity index (χ0v) is 19.6. The maximum absolute atomic E-state index is 13.4. The van der Waals surface area contributed by atoms with Crippen LogP contribution >= 0.6 is 0 Å². The normalized spacial score (nSPS) is 44.4. The number of carbonyl (C=O) groups excluding carboxylic acids is 1. The van der Waals surface area contributed by atoms with Crippen LogP contribution in [0.2, 0.25) is 0 Å². The van der Waals surface area contributed by atoms with Crippen molar-refractivity contribution in [2.24, 2.45) is 40.4 Å². The first-order chi connectivity index (χ1) is 14.9. The second kappa shape index (κ2) is 7.98. The van der Waals surface area contributed by atoms with Gasteiger partial charge in [0.05, 0.1) is 25.5 Å². The van der Waals surface area contributed by atoms with Crippen molar-refractivity contribution in [3.05, 3.63) is 18.0 Å². The highest BCUT2D eigenvalue weighted by atomic mass is 16.5. The molecule has 4 saturated carbocycles. The minimum Gasteiger partial charge on any atom is -0.393 e. The van der Waals surface area contributed by atoms with E-state index in [-0.39, 0.29) is 22.9 Å². The van der Waals surface area contributed by atoms with E-state index in [4.69, 9.17) is 4.74 Å². The van der Waals surface area contributed by atoms with E-state index in [0.29, 0.717) is 36.0 Å². The number of carbonyl (C=O) groups is 1. The van der Waals surface area contributed by atoms with Crippen molar-refractivity contribution < 1.29 is 14.6 Å². The van der Waals surface area contributed by atoms with Crippen LogP contribution in [0.5, 0.6) is 0 Å². The zero-order valence-electron chi connectivity index (χ0n) is 19.6. The number of aromatic nitrogens is 2. The summed E-state index contributed by atoms with van der Waals surface area (Å²) in [6.07, 6.45) is 13.8. The molecule has 4 aliphatic rings. The van der Waals surface area contributed by atoms with Gasteiger partial charge < -0.3 is 9.84 Å². The van der Waals surface area contributed by atoms with Crippen molar-refractivity contribution in [3.8, 4) is 0 Å². The molecule has 0 radical (unpaired) electrons. The van der Waals surface area contributed by atoms with Crippen LogP contribution in [0.1, 0.15) is 70.3 Å². The molecule has 1 unspecified atom stereocenters. The third-order valence-electron chi connectivity index (χ3n) is 10.2. The molecule has 0 aliphatic heterocycles. The predicted octanol–water partition coefficient (Wildman–Crippen LogP) is 4.41. The molecule has 8 atom stereocenters. The summed E-state index contributed by atoms with van der Waals surface area (Å²) in [5.74, 6) is 3.22. The summed E-state index contributed by atoms with van der Waals surface area (Å²) < 4.78 is 7.67. The van der Waals surface area contributed by atoms with Crippen molar-refractivity contribution >= 4 is 5.78 Å². The molecular formula is C26H40N2O3. The van der Waals surface area contributed by atoms with Gasteiger partial charge in [0.2, 0.25) is 0 Å². The number of aliphatic hydroxyl groups is 1. The molecule has 172 valence electrons. The van der Waals surface area contributed by atoms with E-state index < -0.39 is 0 Å². The van der Waals surface area contributed by atoms with Gasteiger partial charge in [0, 0.05) is 19.2 Å². The van der Waals surface area contributed by atoms with Gasteiger partial charge in [-0.1, -0.05) is 6.92 Å². The van der Waals surface area contributed by atoms with Gasteiger partial charge in [-0.2, -0.15) is 5.10 Å². The highest BCUT2D eigenvalue weighted by molar-refractivity contribution is 5.82. The maximum Gasteiger partial charge on any atom is 0.157 e. The molecule has 5 nitrogen and oxygen atoms in total. The quantitative estimate of drug-likeness (QED) is 0.755. The second-order valence-corrected chi connectivity index (χ2v) is 11.6. The number of rotatable bonds is 5. The molecule has 4 aliphatic carbocycles. The number of aliphatic hydroxyl groups excluding tert-OH is 1. The lowest BCUT2D eigenvalue weighted by Gasteiger charge is -2.61. The lowest BCUT2D eigenvalue weighted by Crippen LogP contribution is -2.57. The minimum atomic E-state index is -0.125. The molecule has 1 aromatic rings. The Balaban J connectivity index is 1.37. The first-order valence-corrected chi connectivity index (χ1v) is 12.6. The van der Waals surface area contributed by atoms with Crippen molar-refractivity contribution in [3.63, 3.8) is 0 Å². The number of aryl methyl sites for hydroxylation is 1. The number of fused-ring (bicyclic) bond motifs is 5. The van der Waals surface area contributed by atoms with Crippen LogP contribution in [-0.4, -0.2) is 40.5 Å². The Labute approximate surface area is 186 Å². The molecular weight excluding hydrogens is 388 g/mol. The van der Waals surface area contributed by atoms with Crippen LogP contribution in [0.3, 0.4) is 0 Å². The monoisotopic (exact) mass is 428 g/mol. The molecule has 5 rings (SSSR count). The fourth-order valence-electron chi connectivity index (χ4n) is 8.93. The maximum atomic E-state index is 13.4. The summed E-state index contributed by atoms with van der Waals surface area (Å²) in [5.41, 5.74) is 1.49. The number of hydrogen-bond acceptors (Lipinski definition) is 4. The Morgan fingerprint density at radius 1 is 1.19 bits per heavy atom. The summed E-state index contributed by atoms with van der Waals surface area (Å²) in [5, 5.41) is 14.7. The number of methoxy groups -OCH3 is 1. The Hall–Kier alpha value is -1.20. The van der Waals surface area contributed by atoms with Crippen LogP contribution in [-0.2, 0) is 16.1 Å². The fraction of sp³-hybridized carbons (Fsp3) is 0.846. The molecule has 0 bridgehead atoms. The molecule has 0 saturated heterocycles. The van der Waals surface area contributed by atoms with Gasteiger partial charge in [0.1, 0.15) is 0 Å². The number of ether oxygens (including phenoxy) is 1. The third kappa shape index (κ3) is 3.42. The van der Waals surface area contributed by atoms with Gasteiger partial charge in [0.15, 0.2) is 5.78 Å². The molecule has 0 amide bonds. The smallest absolute Gasteiger partial charge is 0.157 e. The molecule has 0 spiro atoms. The Morgan fingerprint density at radius 3 is 2.77 bits per heavy atom. The molecule has 31 heavy (non-hydrogen) atoms. The Kier molecular flexibility index (Phi) is 5.57. The van der Waals surface area contributed by atoms with E-state index in [1.807, 2.05) is 31.1 Å². The highest BCUT2D eigenvalue weighted by Gasteiger charge is 2.62. The number of Topliss-reactive ketones (excluding diaryl/α,β-unsaturated/α-hetero) is 1. The number of nitrogens with zero attached hydrogens (tertiary/aromatic N) is 2. The van der Waals surface area contributed by atoms with Crippen LogP contribution in [0.15, 0.2) is 12.4 Å². The molecule has 1 aromatic heterocycles. The van der Waals surface area contributed by atoms with E-state index in [1.54, 1.807) is 0 Å². The largest absolute Gasteiger partial charge is 0.393 e. The Morgan fingerprint density at radius 2 is 2.03 bits per heavy atom. The lowest BCUT2D eigenvalue weighted by atomic mass is 9.44. The van der Waals surface area contributed by atoms with Crippen molar-refractivity contribution in [2.75, 3.05) is 13.7 Å². The zero-order chi connectivity index (χ0) is 21.8. The van der Waals surface area contributed by atoms with Gasteiger partial charge in [-0.25, -0.2) is 0 Å². The molecule has 0 aromatic carbocycles. The first kappa shape index (κ1) is 21.6. The number of hydrogen-bond donors (Lipinski definition) is 1.